The highest BCUT2D eigenvalue weighted by atomic mass is 16.6. The molecule has 0 radical (unpaired) electrons. The van der Waals surface area contributed by atoms with Crippen LogP contribution in [0.1, 0.15) is 60.3 Å². The summed E-state index contributed by atoms with van der Waals surface area (Å²) in [4.78, 5) is 23.8. The summed E-state index contributed by atoms with van der Waals surface area (Å²) in [5, 5.41) is 2.70. The van der Waals surface area contributed by atoms with Crippen molar-refractivity contribution in [2.75, 3.05) is 13.7 Å². The van der Waals surface area contributed by atoms with Gasteiger partial charge in [-0.2, -0.15) is 0 Å². The van der Waals surface area contributed by atoms with Crippen LogP contribution in [-0.4, -0.2) is 31.3 Å². The second-order valence-electron chi connectivity index (χ2n) is 6.13. The van der Waals surface area contributed by atoms with E-state index in [1.54, 1.807) is 20.8 Å². The van der Waals surface area contributed by atoms with Crippen molar-refractivity contribution in [1.29, 1.82) is 0 Å². The van der Waals surface area contributed by atoms with Crippen LogP contribution in [0.2, 0.25) is 0 Å². The summed E-state index contributed by atoms with van der Waals surface area (Å²) in [6.07, 6.45) is 2.57. The minimum absolute atomic E-state index is 0.246. The van der Waals surface area contributed by atoms with Crippen molar-refractivity contribution in [3.8, 4) is 0 Å². The van der Waals surface area contributed by atoms with Crippen molar-refractivity contribution < 1.29 is 19.1 Å². The first kappa shape index (κ1) is 18.7. The average molecular weight is 287 g/mol. The molecule has 0 rings (SSSR count). The molecule has 0 spiro atoms. The predicted octanol–water partition coefficient (Wildman–Crippen LogP) is 3.27. The van der Waals surface area contributed by atoms with Gasteiger partial charge in [-0.1, -0.05) is 26.7 Å². The number of esters is 1. The summed E-state index contributed by atoms with van der Waals surface area (Å²) in [5.41, 5.74) is -1.21. The topological polar surface area (TPSA) is 64.6 Å². The number of hydrogen-bond acceptors (Lipinski definition) is 4. The third-order valence-electron chi connectivity index (χ3n) is 3.05. The molecule has 0 aliphatic rings. The number of alkyl carbamates (subject to hydrolysis) is 1. The molecule has 118 valence electrons. The van der Waals surface area contributed by atoms with Gasteiger partial charge in [-0.3, -0.25) is 4.79 Å². The number of ether oxygens (including phenoxy) is 2. The lowest BCUT2D eigenvalue weighted by molar-refractivity contribution is -0.153. The molecule has 0 saturated heterocycles. The van der Waals surface area contributed by atoms with Crippen molar-refractivity contribution >= 4 is 12.1 Å². The molecular weight excluding hydrogens is 258 g/mol. The molecule has 0 aliphatic heterocycles. The van der Waals surface area contributed by atoms with Gasteiger partial charge in [0.2, 0.25) is 0 Å². The van der Waals surface area contributed by atoms with Crippen molar-refractivity contribution in [2.24, 2.45) is 5.41 Å². The van der Waals surface area contributed by atoms with Crippen molar-refractivity contribution in [1.82, 2.24) is 5.32 Å². The normalized spacial score (nSPS) is 11.9. The molecule has 0 fully saturated rings. The number of amides is 1. The lowest BCUT2D eigenvalue weighted by atomic mass is 9.79. The molecule has 0 aromatic heterocycles. The van der Waals surface area contributed by atoms with Gasteiger partial charge in [-0.25, -0.2) is 4.79 Å². The van der Waals surface area contributed by atoms with Gasteiger partial charge in [0.1, 0.15) is 5.60 Å². The van der Waals surface area contributed by atoms with E-state index in [1.807, 2.05) is 13.8 Å². The molecular formula is C15H29NO4. The zero-order valence-corrected chi connectivity index (χ0v) is 13.7. The van der Waals surface area contributed by atoms with E-state index in [4.69, 9.17) is 9.47 Å². The highest BCUT2D eigenvalue weighted by Crippen LogP contribution is 2.31. The Morgan fingerprint density at radius 1 is 1.05 bits per heavy atom. The van der Waals surface area contributed by atoms with Crippen LogP contribution in [0, 0.1) is 5.41 Å². The first-order chi connectivity index (χ1) is 9.20. The van der Waals surface area contributed by atoms with Crippen LogP contribution in [0.4, 0.5) is 4.79 Å². The van der Waals surface area contributed by atoms with Crippen molar-refractivity contribution in [3.05, 3.63) is 0 Å². The lowest BCUT2D eigenvalue weighted by Crippen LogP contribution is -2.45. The smallest absolute Gasteiger partial charge is 0.407 e. The minimum Gasteiger partial charge on any atom is -0.469 e. The molecule has 5 nitrogen and oxygen atoms in total. The first-order valence-corrected chi connectivity index (χ1v) is 7.26. The van der Waals surface area contributed by atoms with Gasteiger partial charge in [0.25, 0.3) is 0 Å². The fourth-order valence-electron chi connectivity index (χ4n) is 2.31. The summed E-state index contributed by atoms with van der Waals surface area (Å²) in [6.45, 7) is 9.69. The highest BCUT2D eigenvalue weighted by Gasteiger charge is 2.38. The van der Waals surface area contributed by atoms with E-state index < -0.39 is 17.1 Å². The van der Waals surface area contributed by atoms with Crippen LogP contribution >= 0.6 is 0 Å². The molecule has 0 heterocycles. The number of carbonyl (C=O) groups excluding carboxylic acids is 2. The Bertz CT molecular complexity index is 314. The maximum atomic E-state index is 12.1. The van der Waals surface area contributed by atoms with E-state index in [0.717, 1.165) is 12.8 Å². The SMILES string of the molecule is CCCC(CCC)(CNC(=O)OC(C)(C)C)C(=O)OC. The fraction of sp³-hybridized carbons (Fsp3) is 0.867. The van der Waals surface area contributed by atoms with Crippen LogP contribution in [0.15, 0.2) is 0 Å². The van der Waals surface area contributed by atoms with Gasteiger partial charge in [0.05, 0.1) is 12.5 Å². The van der Waals surface area contributed by atoms with E-state index in [0.29, 0.717) is 12.8 Å². The van der Waals surface area contributed by atoms with Crippen LogP contribution in [-0.2, 0) is 14.3 Å². The second-order valence-corrected chi connectivity index (χ2v) is 6.13. The van der Waals surface area contributed by atoms with Crippen LogP contribution in [0.3, 0.4) is 0 Å². The number of rotatable bonds is 7. The van der Waals surface area contributed by atoms with Gasteiger partial charge < -0.3 is 14.8 Å². The van der Waals surface area contributed by atoms with Crippen LogP contribution < -0.4 is 5.32 Å². The Balaban J connectivity index is 4.80. The van der Waals surface area contributed by atoms with E-state index in [9.17, 15) is 9.59 Å². The lowest BCUT2D eigenvalue weighted by Gasteiger charge is -2.31. The monoisotopic (exact) mass is 287 g/mol. The van der Waals surface area contributed by atoms with E-state index in [2.05, 4.69) is 5.32 Å². The minimum atomic E-state index is -0.658. The molecule has 1 N–H and O–H groups in total. The third-order valence-corrected chi connectivity index (χ3v) is 3.05. The Morgan fingerprint density at radius 2 is 1.55 bits per heavy atom. The van der Waals surface area contributed by atoms with Crippen LogP contribution in [0.5, 0.6) is 0 Å². The predicted molar refractivity (Wildman–Crippen MR) is 78.5 cm³/mol. The van der Waals surface area contributed by atoms with Gasteiger partial charge >= 0.3 is 12.1 Å². The summed E-state index contributed by atoms with van der Waals surface area (Å²) < 4.78 is 10.1. The molecule has 0 saturated carbocycles. The standard InChI is InChI=1S/C15H29NO4/c1-7-9-15(10-8-2,12(17)19-6)11-16-13(18)20-14(3,4)5/h7-11H2,1-6H3,(H,16,18). The quantitative estimate of drug-likeness (QED) is 0.730. The summed E-state index contributed by atoms with van der Waals surface area (Å²) in [5.74, 6) is -0.266. The number of carbonyl (C=O) groups is 2. The molecule has 0 aromatic rings. The zero-order valence-electron chi connectivity index (χ0n) is 13.7. The van der Waals surface area contributed by atoms with Crippen molar-refractivity contribution in [3.63, 3.8) is 0 Å². The maximum Gasteiger partial charge on any atom is 0.407 e. The number of methoxy groups -OCH3 is 1. The number of nitrogens with one attached hydrogen (secondary N) is 1. The molecule has 0 bridgehead atoms. The summed E-state index contributed by atoms with van der Waals surface area (Å²) in [7, 11) is 1.38. The third kappa shape index (κ3) is 6.26. The molecule has 0 atom stereocenters. The largest absolute Gasteiger partial charge is 0.469 e. The Hall–Kier alpha value is -1.26. The number of hydrogen-bond donors (Lipinski definition) is 1. The fourth-order valence-corrected chi connectivity index (χ4v) is 2.31. The summed E-state index contributed by atoms with van der Waals surface area (Å²) in [6, 6.07) is 0. The Morgan fingerprint density at radius 3 is 1.90 bits per heavy atom. The Kier molecular flexibility index (Phi) is 7.61. The molecule has 1 amide bonds. The molecule has 0 aromatic carbocycles. The molecule has 20 heavy (non-hydrogen) atoms. The van der Waals surface area contributed by atoms with E-state index >= 15 is 0 Å². The molecule has 0 unspecified atom stereocenters. The van der Waals surface area contributed by atoms with Gasteiger partial charge in [0, 0.05) is 6.54 Å². The van der Waals surface area contributed by atoms with Gasteiger partial charge in [-0.15, -0.1) is 0 Å². The van der Waals surface area contributed by atoms with Gasteiger partial charge in [-0.05, 0) is 33.6 Å². The van der Waals surface area contributed by atoms with Crippen LogP contribution in [0.25, 0.3) is 0 Å². The van der Waals surface area contributed by atoms with E-state index in [1.165, 1.54) is 7.11 Å². The maximum absolute atomic E-state index is 12.1. The first-order valence-electron chi connectivity index (χ1n) is 7.26. The van der Waals surface area contributed by atoms with Gasteiger partial charge in [0.15, 0.2) is 0 Å². The molecule has 0 aliphatic carbocycles. The Labute approximate surface area is 122 Å². The molecule has 5 heteroatoms. The zero-order chi connectivity index (χ0) is 15.8. The summed E-state index contributed by atoms with van der Waals surface area (Å²) >= 11 is 0. The van der Waals surface area contributed by atoms with E-state index in [-0.39, 0.29) is 12.5 Å². The second kappa shape index (κ2) is 8.12. The average Bonchev–Trinajstić information content (AvgIpc) is 2.33. The highest BCUT2D eigenvalue weighted by molar-refractivity contribution is 5.78. The van der Waals surface area contributed by atoms with Crippen molar-refractivity contribution in [2.45, 2.75) is 65.9 Å².